The number of hydrogen-bond acceptors (Lipinski definition) is 7. The molecular weight excluding hydrogens is 454 g/mol. The Morgan fingerprint density at radius 3 is 2.74 bits per heavy atom. The zero-order valence-electron chi connectivity index (χ0n) is 16.7. The fraction of sp³-hybridized carbons (Fsp3) is 0.143. The number of anilines is 1. The molecule has 0 fully saturated rings. The van der Waals surface area contributed by atoms with E-state index >= 15 is 0 Å². The van der Waals surface area contributed by atoms with Crippen molar-refractivity contribution in [1.82, 2.24) is 19.7 Å². The average Bonchev–Trinajstić information content (AvgIpc) is 3.39. The quantitative estimate of drug-likeness (QED) is 0.382. The summed E-state index contributed by atoms with van der Waals surface area (Å²) in [7, 11) is 3.48. The third-order valence-electron chi connectivity index (χ3n) is 4.41. The number of carbonyl (C=O) groups is 1. The number of carbonyl (C=O) groups excluding carboxylic acids is 1. The summed E-state index contributed by atoms with van der Waals surface area (Å²) < 4.78 is 7.25. The van der Waals surface area contributed by atoms with E-state index in [0.717, 1.165) is 16.8 Å². The summed E-state index contributed by atoms with van der Waals surface area (Å²) in [6.45, 7) is 0. The van der Waals surface area contributed by atoms with Crippen LogP contribution in [-0.2, 0) is 11.8 Å². The third kappa shape index (κ3) is 4.90. The molecule has 0 saturated heterocycles. The van der Waals surface area contributed by atoms with Crippen molar-refractivity contribution in [3.8, 4) is 28.4 Å². The van der Waals surface area contributed by atoms with Crippen molar-refractivity contribution in [1.29, 1.82) is 0 Å². The first kappa shape index (κ1) is 21.4. The summed E-state index contributed by atoms with van der Waals surface area (Å²) in [4.78, 5) is 16.9. The van der Waals surface area contributed by atoms with E-state index in [1.807, 2.05) is 65.5 Å². The van der Waals surface area contributed by atoms with Crippen molar-refractivity contribution in [3.63, 3.8) is 0 Å². The Morgan fingerprint density at radius 2 is 1.97 bits per heavy atom. The first-order chi connectivity index (χ1) is 15.0. The highest BCUT2D eigenvalue weighted by atomic mass is 35.5. The molecule has 0 bridgehead atoms. The summed E-state index contributed by atoms with van der Waals surface area (Å²) in [6.07, 6.45) is 0. The maximum Gasteiger partial charge on any atom is 0.236 e. The van der Waals surface area contributed by atoms with Gasteiger partial charge >= 0.3 is 0 Å². The molecule has 0 atom stereocenters. The van der Waals surface area contributed by atoms with Crippen LogP contribution >= 0.6 is 34.7 Å². The van der Waals surface area contributed by atoms with Crippen LogP contribution in [0.15, 0.2) is 59.1 Å². The molecule has 158 valence electrons. The summed E-state index contributed by atoms with van der Waals surface area (Å²) in [6, 6.07) is 15.0. The molecule has 0 radical (unpaired) electrons. The molecule has 0 spiro atoms. The molecule has 0 aliphatic heterocycles. The second-order valence-corrected chi connectivity index (χ2v) is 8.68. The standard InChI is InChI=1S/C21H18ClN5O2S2/c1-27-19(15-5-3-4-6-17(15)29-2)25-26-21(27)31-12-18(28)24-20-23-16(11-30-20)13-7-9-14(22)10-8-13/h3-11H,12H2,1-2H3,(H,23,24,28). The van der Waals surface area contributed by atoms with Gasteiger partial charge in [0.1, 0.15) is 5.75 Å². The number of thiazole rings is 1. The lowest BCUT2D eigenvalue weighted by atomic mass is 10.2. The van der Waals surface area contributed by atoms with Gasteiger partial charge in [-0.3, -0.25) is 4.79 Å². The maximum absolute atomic E-state index is 12.4. The molecule has 10 heteroatoms. The minimum Gasteiger partial charge on any atom is -0.496 e. The Bertz CT molecular complexity index is 1210. The minimum absolute atomic E-state index is 0.163. The van der Waals surface area contributed by atoms with E-state index in [2.05, 4.69) is 20.5 Å². The van der Waals surface area contributed by atoms with Crippen molar-refractivity contribution >= 4 is 45.7 Å². The van der Waals surface area contributed by atoms with E-state index in [-0.39, 0.29) is 11.7 Å². The van der Waals surface area contributed by atoms with Gasteiger partial charge in [0, 0.05) is 23.0 Å². The van der Waals surface area contributed by atoms with Crippen LogP contribution < -0.4 is 10.1 Å². The number of benzene rings is 2. The highest BCUT2D eigenvalue weighted by molar-refractivity contribution is 7.99. The Balaban J connectivity index is 1.39. The lowest BCUT2D eigenvalue weighted by Crippen LogP contribution is -2.14. The number of amides is 1. The molecule has 0 aliphatic carbocycles. The van der Waals surface area contributed by atoms with Crippen LogP contribution in [0.25, 0.3) is 22.6 Å². The van der Waals surface area contributed by atoms with Gasteiger partial charge in [0.15, 0.2) is 16.1 Å². The number of aromatic nitrogens is 4. The van der Waals surface area contributed by atoms with Crippen molar-refractivity contribution in [3.05, 3.63) is 58.9 Å². The van der Waals surface area contributed by atoms with Gasteiger partial charge in [-0.25, -0.2) is 4.98 Å². The zero-order valence-corrected chi connectivity index (χ0v) is 19.1. The predicted molar refractivity (Wildman–Crippen MR) is 125 cm³/mol. The second kappa shape index (κ2) is 9.51. The predicted octanol–water partition coefficient (Wildman–Crippen LogP) is 5.00. The summed E-state index contributed by atoms with van der Waals surface area (Å²) in [5, 5.41) is 15.1. The molecule has 4 aromatic rings. The first-order valence-corrected chi connectivity index (χ1v) is 11.5. The Kier molecular flexibility index (Phi) is 6.55. The number of para-hydroxylation sites is 1. The number of hydrogen-bond donors (Lipinski definition) is 1. The Hall–Kier alpha value is -2.88. The van der Waals surface area contributed by atoms with E-state index in [1.54, 1.807) is 7.11 Å². The van der Waals surface area contributed by atoms with Gasteiger partial charge in [-0.05, 0) is 24.3 Å². The number of halogens is 1. The monoisotopic (exact) mass is 471 g/mol. The fourth-order valence-corrected chi connectivity index (χ4v) is 4.45. The third-order valence-corrected chi connectivity index (χ3v) is 6.44. The minimum atomic E-state index is -0.163. The van der Waals surface area contributed by atoms with Crippen molar-refractivity contribution < 1.29 is 9.53 Å². The molecule has 0 saturated carbocycles. The normalized spacial score (nSPS) is 10.8. The van der Waals surface area contributed by atoms with Crippen LogP contribution in [0.2, 0.25) is 5.02 Å². The molecule has 2 heterocycles. The van der Waals surface area contributed by atoms with E-state index in [9.17, 15) is 4.79 Å². The Morgan fingerprint density at radius 1 is 1.19 bits per heavy atom. The van der Waals surface area contributed by atoms with Gasteiger partial charge < -0.3 is 14.6 Å². The summed E-state index contributed by atoms with van der Waals surface area (Å²) in [5.41, 5.74) is 2.58. The van der Waals surface area contributed by atoms with E-state index in [1.165, 1.54) is 23.1 Å². The van der Waals surface area contributed by atoms with Crippen LogP contribution in [-0.4, -0.2) is 38.5 Å². The molecule has 2 aromatic heterocycles. The maximum atomic E-state index is 12.4. The number of rotatable bonds is 7. The highest BCUT2D eigenvalue weighted by Crippen LogP contribution is 2.30. The molecule has 31 heavy (non-hydrogen) atoms. The second-order valence-electron chi connectivity index (χ2n) is 6.45. The van der Waals surface area contributed by atoms with Crippen LogP contribution in [0.3, 0.4) is 0 Å². The molecule has 1 N–H and O–H groups in total. The van der Waals surface area contributed by atoms with Gasteiger partial charge in [-0.1, -0.05) is 47.6 Å². The molecule has 7 nitrogen and oxygen atoms in total. The lowest BCUT2D eigenvalue weighted by molar-refractivity contribution is -0.113. The van der Waals surface area contributed by atoms with Gasteiger partial charge in [0.05, 0.1) is 24.1 Å². The largest absolute Gasteiger partial charge is 0.496 e. The van der Waals surface area contributed by atoms with Crippen molar-refractivity contribution in [2.24, 2.45) is 7.05 Å². The number of ether oxygens (including phenoxy) is 1. The highest BCUT2D eigenvalue weighted by Gasteiger charge is 2.16. The molecular formula is C21H18ClN5O2S2. The van der Waals surface area contributed by atoms with Crippen molar-refractivity contribution in [2.75, 3.05) is 18.2 Å². The molecule has 0 aliphatic rings. The first-order valence-electron chi connectivity index (χ1n) is 9.22. The average molecular weight is 472 g/mol. The SMILES string of the molecule is COc1ccccc1-c1nnc(SCC(=O)Nc2nc(-c3ccc(Cl)cc3)cs2)n1C. The van der Waals surface area contributed by atoms with Gasteiger partial charge in [0.25, 0.3) is 0 Å². The van der Waals surface area contributed by atoms with Crippen LogP contribution in [0.1, 0.15) is 0 Å². The molecule has 4 rings (SSSR count). The number of nitrogens with zero attached hydrogens (tertiary/aromatic N) is 4. The van der Waals surface area contributed by atoms with E-state index < -0.39 is 0 Å². The fourth-order valence-electron chi connectivity index (χ4n) is 2.87. The smallest absolute Gasteiger partial charge is 0.236 e. The van der Waals surface area contributed by atoms with Crippen LogP contribution in [0.5, 0.6) is 5.75 Å². The van der Waals surface area contributed by atoms with Gasteiger partial charge in [-0.15, -0.1) is 21.5 Å². The molecule has 0 unspecified atom stereocenters. The molecule has 1 amide bonds. The number of nitrogens with one attached hydrogen (secondary N) is 1. The Labute approximate surface area is 192 Å². The van der Waals surface area contributed by atoms with Gasteiger partial charge in [-0.2, -0.15) is 0 Å². The molecule has 2 aromatic carbocycles. The topological polar surface area (TPSA) is 81.9 Å². The van der Waals surface area contributed by atoms with Crippen LogP contribution in [0.4, 0.5) is 5.13 Å². The number of thioether (sulfide) groups is 1. The van der Waals surface area contributed by atoms with E-state index in [4.69, 9.17) is 16.3 Å². The zero-order chi connectivity index (χ0) is 21.8. The lowest BCUT2D eigenvalue weighted by Gasteiger charge is -2.08. The summed E-state index contributed by atoms with van der Waals surface area (Å²) in [5.74, 6) is 1.41. The summed E-state index contributed by atoms with van der Waals surface area (Å²) >= 11 is 8.61. The van der Waals surface area contributed by atoms with E-state index in [0.29, 0.717) is 26.9 Å². The van der Waals surface area contributed by atoms with Crippen molar-refractivity contribution in [2.45, 2.75) is 5.16 Å². The van der Waals surface area contributed by atoms with Gasteiger partial charge in [0.2, 0.25) is 5.91 Å². The number of methoxy groups -OCH3 is 1. The van der Waals surface area contributed by atoms with Crippen LogP contribution in [0, 0.1) is 0 Å².